The van der Waals surface area contributed by atoms with Gasteiger partial charge in [-0.2, -0.15) is 0 Å². The van der Waals surface area contributed by atoms with Crippen molar-refractivity contribution in [2.45, 2.75) is 52.0 Å². The fraction of sp³-hybridized carbons (Fsp3) is 0.476. The van der Waals surface area contributed by atoms with Gasteiger partial charge in [0.1, 0.15) is 0 Å². The molecule has 1 aliphatic heterocycles. The van der Waals surface area contributed by atoms with E-state index in [1.165, 1.54) is 16.0 Å². The summed E-state index contributed by atoms with van der Waals surface area (Å²) in [7, 11) is 0. The summed E-state index contributed by atoms with van der Waals surface area (Å²) in [6.07, 6.45) is 2.99. The number of hydrogen-bond acceptors (Lipinski definition) is 6. The van der Waals surface area contributed by atoms with Crippen LogP contribution in [0.1, 0.15) is 59.9 Å². The summed E-state index contributed by atoms with van der Waals surface area (Å²) in [5.74, 6) is 0.0142. The molecular weight excluding hydrogens is 416 g/mol. The van der Waals surface area contributed by atoms with Crippen LogP contribution in [0.25, 0.3) is 5.65 Å². The molecule has 1 fully saturated rings. The molecule has 164 valence electrons. The van der Waals surface area contributed by atoms with Crippen molar-refractivity contribution in [3.05, 3.63) is 50.5 Å². The Hall–Kier alpha value is -3.01. The number of amides is 2. The van der Waals surface area contributed by atoms with Crippen molar-refractivity contribution in [2.75, 3.05) is 13.1 Å². The first-order valence-corrected chi connectivity index (χ1v) is 11.3. The third-order valence-corrected chi connectivity index (χ3v) is 6.17. The first-order chi connectivity index (χ1) is 14.8. The lowest BCUT2D eigenvalue weighted by Crippen LogP contribution is -2.31. The van der Waals surface area contributed by atoms with Crippen LogP contribution >= 0.6 is 11.5 Å². The average molecular weight is 443 g/mol. The highest BCUT2D eigenvalue weighted by molar-refractivity contribution is 7.03. The van der Waals surface area contributed by atoms with Gasteiger partial charge in [0.15, 0.2) is 5.65 Å². The summed E-state index contributed by atoms with van der Waals surface area (Å²) in [4.78, 5) is 44.0. The Labute approximate surface area is 183 Å². The zero-order valence-electron chi connectivity index (χ0n) is 17.8. The minimum atomic E-state index is -0.179. The van der Waals surface area contributed by atoms with Crippen molar-refractivity contribution in [3.63, 3.8) is 0 Å². The maximum Gasteiger partial charge on any atom is 0.276 e. The zero-order chi connectivity index (χ0) is 22.1. The highest BCUT2D eigenvalue weighted by Crippen LogP contribution is 2.28. The molecule has 9 nitrogen and oxygen atoms in total. The lowest BCUT2D eigenvalue weighted by molar-refractivity contribution is -0.121. The van der Waals surface area contributed by atoms with Gasteiger partial charge in [-0.25, -0.2) is 13.9 Å². The molecule has 0 radical (unpaired) electrons. The number of hydrogen-bond donors (Lipinski definition) is 2. The van der Waals surface area contributed by atoms with Crippen LogP contribution in [0.15, 0.2) is 22.4 Å². The number of H-pyrrole nitrogens is 1. The average Bonchev–Trinajstić information content (AvgIpc) is 3.46. The van der Waals surface area contributed by atoms with E-state index < -0.39 is 0 Å². The normalized spacial score (nSPS) is 16.4. The third-order valence-electron chi connectivity index (χ3n) is 5.58. The second kappa shape index (κ2) is 8.62. The van der Waals surface area contributed by atoms with Gasteiger partial charge in [0.2, 0.25) is 5.91 Å². The summed E-state index contributed by atoms with van der Waals surface area (Å²) in [6, 6.07) is 1.95. The van der Waals surface area contributed by atoms with E-state index in [9.17, 15) is 14.4 Å². The summed E-state index contributed by atoms with van der Waals surface area (Å²) in [6.45, 7) is 6.85. The lowest BCUT2D eigenvalue weighted by Gasteiger charge is -2.14. The van der Waals surface area contributed by atoms with Gasteiger partial charge in [-0.1, -0.05) is 0 Å². The standard InChI is InChI=1S/C21H26N6O3S/c1-12(2)23-19(28)5-4-16-13(3)24-18-8-17(25-27(18)21(16)30)14-6-7-26(10-14)20(29)15-9-22-31-11-15/h8-9,11-12,14,25H,4-7,10H2,1-3H3,(H,23,28)/t14-/m1/s1. The van der Waals surface area contributed by atoms with E-state index in [1.807, 2.05) is 24.8 Å². The molecule has 1 atom stereocenters. The number of nitrogens with one attached hydrogen (secondary N) is 2. The van der Waals surface area contributed by atoms with Gasteiger partial charge in [0.25, 0.3) is 11.5 Å². The van der Waals surface area contributed by atoms with Crippen molar-refractivity contribution in [2.24, 2.45) is 0 Å². The van der Waals surface area contributed by atoms with Gasteiger partial charge in [-0.05, 0) is 45.1 Å². The first-order valence-electron chi connectivity index (χ1n) is 10.4. The summed E-state index contributed by atoms with van der Waals surface area (Å²) in [5, 5.41) is 7.78. The Bertz CT molecular complexity index is 1160. The lowest BCUT2D eigenvalue weighted by atomic mass is 10.1. The van der Waals surface area contributed by atoms with Gasteiger partial charge < -0.3 is 10.2 Å². The van der Waals surface area contributed by atoms with Crippen molar-refractivity contribution in [3.8, 4) is 0 Å². The van der Waals surface area contributed by atoms with Crippen LogP contribution in [-0.2, 0) is 11.2 Å². The molecule has 4 rings (SSSR count). The predicted octanol–water partition coefficient (Wildman–Crippen LogP) is 1.87. The minimum Gasteiger partial charge on any atom is -0.354 e. The van der Waals surface area contributed by atoms with E-state index in [-0.39, 0.29) is 35.8 Å². The molecule has 2 N–H and O–H groups in total. The van der Waals surface area contributed by atoms with Crippen molar-refractivity contribution in [1.82, 2.24) is 29.2 Å². The van der Waals surface area contributed by atoms with Gasteiger partial charge in [-0.3, -0.25) is 19.5 Å². The van der Waals surface area contributed by atoms with E-state index in [0.717, 1.165) is 12.1 Å². The zero-order valence-corrected chi connectivity index (χ0v) is 18.7. The summed E-state index contributed by atoms with van der Waals surface area (Å²) in [5.41, 5.74) is 3.06. The predicted molar refractivity (Wildman–Crippen MR) is 118 cm³/mol. The van der Waals surface area contributed by atoms with Gasteiger partial charge in [0, 0.05) is 59.9 Å². The molecule has 0 unspecified atom stereocenters. The van der Waals surface area contributed by atoms with E-state index in [1.54, 1.807) is 18.5 Å². The molecule has 3 aromatic heterocycles. The van der Waals surface area contributed by atoms with E-state index in [0.29, 0.717) is 42.0 Å². The Morgan fingerprint density at radius 3 is 2.90 bits per heavy atom. The van der Waals surface area contributed by atoms with Crippen LogP contribution in [0.5, 0.6) is 0 Å². The molecule has 1 saturated heterocycles. The van der Waals surface area contributed by atoms with Gasteiger partial charge in [-0.15, -0.1) is 0 Å². The molecule has 4 heterocycles. The van der Waals surface area contributed by atoms with Crippen molar-refractivity contribution in [1.29, 1.82) is 0 Å². The molecule has 0 bridgehead atoms. The molecule has 0 aliphatic carbocycles. The minimum absolute atomic E-state index is 0.0135. The molecule has 10 heteroatoms. The fourth-order valence-corrected chi connectivity index (χ4v) is 4.52. The van der Waals surface area contributed by atoms with Crippen LogP contribution in [0.4, 0.5) is 0 Å². The quantitative estimate of drug-likeness (QED) is 0.605. The van der Waals surface area contributed by atoms with Gasteiger partial charge in [0.05, 0.1) is 11.8 Å². The monoisotopic (exact) mass is 442 g/mol. The summed E-state index contributed by atoms with van der Waals surface area (Å²) >= 11 is 1.26. The van der Waals surface area contributed by atoms with E-state index >= 15 is 0 Å². The van der Waals surface area contributed by atoms with Crippen LogP contribution in [-0.4, -0.2) is 54.8 Å². The number of aryl methyl sites for hydroxylation is 1. The highest BCUT2D eigenvalue weighted by atomic mass is 32.1. The number of aromatic amines is 1. The number of carbonyl (C=O) groups excluding carboxylic acids is 2. The Morgan fingerprint density at radius 2 is 2.19 bits per heavy atom. The third kappa shape index (κ3) is 4.39. The Balaban J connectivity index is 1.52. The highest BCUT2D eigenvalue weighted by Gasteiger charge is 2.30. The molecular formula is C21H26N6O3S. The molecule has 3 aromatic rings. The number of fused-ring (bicyclic) bond motifs is 1. The molecule has 0 aromatic carbocycles. The Kier molecular flexibility index (Phi) is 5.90. The molecule has 0 spiro atoms. The smallest absolute Gasteiger partial charge is 0.276 e. The van der Waals surface area contributed by atoms with E-state index in [2.05, 4.69) is 19.8 Å². The number of nitrogens with zero attached hydrogens (tertiary/aromatic N) is 4. The number of rotatable bonds is 6. The summed E-state index contributed by atoms with van der Waals surface area (Å²) < 4.78 is 5.45. The van der Waals surface area contributed by atoms with E-state index in [4.69, 9.17) is 0 Å². The second-order valence-corrected chi connectivity index (χ2v) is 8.92. The second-order valence-electron chi connectivity index (χ2n) is 8.26. The van der Waals surface area contributed by atoms with Crippen molar-refractivity contribution < 1.29 is 9.59 Å². The number of carbonyl (C=O) groups is 2. The topological polar surface area (TPSA) is 112 Å². The molecule has 0 saturated carbocycles. The SMILES string of the molecule is Cc1nc2cc([C@@H]3CCN(C(=O)c4cnsc4)C3)[nH]n2c(=O)c1CCC(=O)NC(C)C. The van der Waals surface area contributed by atoms with Gasteiger partial charge >= 0.3 is 0 Å². The maximum absolute atomic E-state index is 13.0. The first kappa shape index (κ1) is 21.2. The molecule has 31 heavy (non-hydrogen) atoms. The van der Waals surface area contributed by atoms with Crippen molar-refractivity contribution >= 4 is 29.0 Å². The maximum atomic E-state index is 13.0. The molecule has 2 amide bonds. The number of likely N-dealkylation sites (tertiary alicyclic amines) is 1. The fourth-order valence-electron chi connectivity index (χ4n) is 4.01. The molecule has 1 aliphatic rings. The van der Waals surface area contributed by atoms with Crippen LogP contribution in [0.2, 0.25) is 0 Å². The number of aromatic nitrogens is 4. The van der Waals surface area contributed by atoms with Crippen LogP contribution < -0.4 is 10.9 Å². The van der Waals surface area contributed by atoms with Crippen LogP contribution in [0.3, 0.4) is 0 Å². The van der Waals surface area contributed by atoms with Crippen LogP contribution in [0, 0.1) is 6.92 Å². The largest absolute Gasteiger partial charge is 0.354 e. The Morgan fingerprint density at radius 1 is 1.39 bits per heavy atom.